The third-order valence-corrected chi connectivity index (χ3v) is 3.63. The summed E-state index contributed by atoms with van der Waals surface area (Å²) in [7, 11) is 0. The van der Waals surface area contributed by atoms with E-state index in [0.29, 0.717) is 12.8 Å². The van der Waals surface area contributed by atoms with Gasteiger partial charge in [-0.05, 0) is 49.1 Å². The molecule has 4 nitrogen and oxygen atoms in total. The lowest BCUT2D eigenvalue weighted by Crippen LogP contribution is -2.28. The van der Waals surface area contributed by atoms with Gasteiger partial charge in [0, 0.05) is 24.9 Å². The number of amides is 1. The van der Waals surface area contributed by atoms with Crippen LogP contribution in [-0.2, 0) is 4.79 Å². The molecule has 0 spiro atoms. The number of aromatic nitrogens is 1. The van der Waals surface area contributed by atoms with Gasteiger partial charge >= 0.3 is 0 Å². The second-order valence-electron chi connectivity index (χ2n) is 5.66. The SMILES string of the molecule is CC(N)CCC(=O)NC(C)c1ccc(-c2ccncc2)cc1. The molecule has 0 radical (unpaired) electrons. The Morgan fingerprint density at radius 1 is 1.09 bits per heavy atom. The van der Waals surface area contributed by atoms with Crippen molar-refractivity contribution >= 4 is 5.91 Å². The van der Waals surface area contributed by atoms with Gasteiger partial charge in [0.05, 0.1) is 6.04 Å². The summed E-state index contributed by atoms with van der Waals surface area (Å²) in [6.07, 6.45) is 4.74. The first-order valence-electron chi connectivity index (χ1n) is 7.61. The van der Waals surface area contributed by atoms with Crippen molar-refractivity contribution < 1.29 is 4.79 Å². The molecular formula is C18H23N3O. The van der Waals surface area contributed by atoms with Gasteiger partial charge in [0.15, 0.2) is 0 Å². The van der Waals surface area contributed by atoms with Crippen LogP contribution >= 0.6 is 0 Å². The first-order valence-corrected chi connectivity index (χ1v) is 7.61. The average molecular weight is 297 g/mol. The van der Waals surface area contributed by atoms with Crippen molar-refractivity contribution in [2.24, 2.45) is 5.73 Å². The fourth-order valence-corrected chi connectivity index (χ4v) is 2.26. The van der Waals surface area contributed by atoms with E-state index in [1.165, 1.54) is 0 Å². The van der Waals surface area contributed by atoms with Gasteiger partial charge in [0.1, 0.15) is 0 Å². The molecule has 2 atom stereocenters. The molecule has 1 heterocycles. The Kier molecular flexibility index (Phi) is 5.67. The molecule has 0 saturated carbocycles. The van der Waals surface area contributed by atoms with E-state index in [-0.39, 0.29) is 18.0 Å². The molecular weight excluding hydrogens is 274 g/mol. The highest BCUT2D eigenvalue weighted by Crippen LogP contribution is 2.21. The molecule has 2 rings (SSSR count). The molecule has 0 saturated heterocycles. The second kappa shape index (κ2) is 7.71. The fraction of sp³-hybridized carbons (Fsp3) is 0.333. The predicted octanol–water partition coefficient (Wildman–Crippen LogP) is 3.05. The zero-order valence-electron chi connectivity index (χ0n) is 13.1. The van der Waals surface area contributed by atoms with Gasteiger partial charge in [-0.15, -0.1) is 0 Å². The van der Waals surface area contributed by atoms with Crippen LogP contribution in [0.2, 0.25) is 0 Å². The Balaban J connectivity index is 1.96. The van der Waals surface area contributed by atoms with Crippen molar-refractivity contribution in [1.29, 1.82) is 0 Å². The van der Waals surface area contributed by atoms with Gasteiger partial charge < -0.3 is 11.1 Å². The van der Waals surface area contributed by atoms with Gasteiger partial charge in [0.2, 0.25) is 5.91 Å². The van der Waals surface area contributed by atoms with Crippen LogP contribution in [0.1, 0.15) is 38.3 Å². The summed E-state index contributed by atoms with van der Waals surface area (Å²) in [6.45, 7) is 3.90. The smallest absolute Gasteiger partial charge is 0.220 e. The molecule has 0 aliphatic carbocycles. The third-order valence-electron chi connectivity index (χ3n) is 3.63. The molecule has 3 N–H and O–H groups in total. The number of nitrogens with one attached hydrogen (secondary N) is 1. The number of benzene rings is 1. The first-order chi connectivity index (χ1) is 10.6. The maximum absolute atomic E-state index is 11.8. The third kappa shape index (κ3) is 4.67. The van der Waals surface area contributed by atoms with Crippen molar-refractivity contribution in [2.45, 2.75) is 38.8 Å². The first kappa shape index (κ1) is 16.2. The van der Waals surface area contributed by atoms with Crippen LogP contribution in [0, 0.1) is 0 Å². The monoisotopic (exact) mass is 297 g/mol. The fourth-order valence-electron chi connectivity index (χ4n) is 2.26. The maximum atomic E-state index is 11.8. The molecule has 1 aromatic heterocycles. The Hall–Kier alpha value is -2.20. The highest BCUT2D eigenvalue weighted by Gasteiger charge is 2.10. The number of nitrogens with zero attached hydrogens (tertiary/aromatic N) is 1. The van der Waals surface area contributed by atoms with E-state index in [1.807, 2.05) is 38.1 Å². The summed E-state index contributed by atoms with van der Waals surface area (Å²) in [4.78, 5) is 15.9. The van der Waals surface area contributed by atoms with E-state index in [0.717, 1.165) is 16.7 Å². The number of hydrogen-bond donors (Lipinski definition) is 2. The zero-order valence-corrected chi connectivity index (χ0v) is 13.1. The average Bonchev–Trinajstić information content (AvgIpc) is 2.54. The van der Waals surface area contributed by atoms with E-state index >= 15 is 0 Å². The molecule has 0 aliphatic heterocycles. The van der Waals surface area contributed by atoms with Crippen molar-refractivity contribution in [1.82, 2.24) is 10.3 Å². The molecule has 4 heteroatoms. The van der Waals surface area contributed by atoms with E-state index < -0.39 is 0 Å². The quantitative estimate of drug-likeness (QED) is 0.861. The minimum absolute atomic E-state index is 0.00734. The van der Waals surface area contributed by atoms with Crippen LogP contribution in [0.5, 0.6) is 0 Å². The number of nitrogens with two attached hydrogens (primary N) is 1. The molecule has 2 aromatic rings. The zero-order chi connectivity index (χ0) is 15.9. The summed E-state index contributed by atoms with van der Waals surface area (Å²) in [5.41, 5.74) is 9.03. The van der Waals surface area contributed by atoms with Crippen LogP contribution in [0.25, 0.3) is 11.1 Å². The van der Waals surface area contributed by atoms with Crippen LogP contribution in [0.15, 0.2) is 48.8 Å². The standard InChI is InChI=1S/C18H23N3O/c1-13(19)3-8-18(22)21-14(2)15-4-6-16(7-5-15)17-9-11-20-12-10-17/h4-7,9-14H,3,8,19H2,1-2H3,(H,21,22). The van der Waals surface area contributed by atoms with Crippen LogP contribution < -0.4 is 11.1 Å². The van der Waals surface area contributed by atoms with E-state index in [9.17, 15) is 4.79 Å². The number of pyridine rings is 1. The largest absolute Gasteiger partial charge is 0.350 e. The van der Waals surface area contributed by atoms with Crippen molar-refractivity contribution in [2.75, 3.05) is 0 Å². The highest BCUT2D eigenvalue weighted by molar-refractivity contribution is 5.76. The number of rotatable bonds is 6. The minimum atomic E-state index is -0.00734. The summed E-state index contributed by atoms with van der Waals surface area (Å²) < 4.78 is 0. The second-order valence-corrected chi connectivity index (χ2v) is 5.66. The topological polar surface area (TPSA) is 68.0 Å². The molecule has 2 unspecified atom stereocenters. The van der Waals surface area contributed by atoms with E-state index in [4.69, 9.17) is 5.73 Å². The van der Waals surface area contributed by atoms with Crippen LogP contribution in [0.3, 0.4) is 0 Å². The lowest BCUT2D eigenvalue weighted by Gasteiger charge is -2.15. The van der Waals surface area contributed by atoms with Gasteiger partial charge in [0.25, 0.3) is 0 Å². The molecule has 0 aliphatic rings. The van der Waals surface area contributed by atoms with E-state index in [1.54, 1.807) is 12.4 Å². The maximum Gasteiger partial charge on any atom is 0.220 e. The summed E-state index contributed by atoms with van der Waals surface area (Å²) in [6, 6.07) is 12.2. The van der Waals surface area contributed by atoms with Crippen LogP contribution in [-0.4, -0.2) is 16.9 Å². The van der Waals surface area contributed by atoms with E-state index in [2.05, 4.69) is 22.4 Å². The van der Waals surface area contributed by atoms with Crippen molar-refractivity contribution in [3.8, 4) is 11.1 Å². The summed E-state index contributed by atoms with van der Waals surface area (Å²) >= 11 is 0. The molecule has 0 fully saturated rings. The van der Waals surface area contributed by atoms with Gasteiger partial charge in [-0.2, -0.15) is 0 Å². The Bertz CT molecular complexity index is 593. The Morgan fingerprint density at radius 2 is 1.68 bits per heavy atom. The van der Waals surface area contributed by atoms with Crippen molar-refractivity contribution in [3.63, 3.8) is 0 Å². The van der Waals surface area contributed by atoms with Crippen molar-refractivity contribution in [3.05, 3.63) is 54.4 Å². The molecule has 0 bridgehead atoms. The number of carbonyl (C=O) groups excluding carboxylic acids is 1. The molecule has 22 heavy (non-hydrogen) atoms. The normalized spacial score (nSPS) is 13.4. The number of hydrogen-bond acceptors (Lipinski definition) is 3. The molecule has 1 amide bonds. The number of carbonyl (C=O) groups is 1. The minimum Gasteiger partial charge on any atom is -0.350 e. The Morgan fingerprint density at radius 3 is 2.27 bits per heavy atom. The van der Waals surface area contributed by atoms with Crippen LogP contribution in [0.4, 0.5) is 0 Å². The predicted molar refractivity (Wildman–Crippen MR) is 89.1 cm³/mol. The summed E-state index contributed by atoms with van der Waals surface area (Å²) in [5.74, 6) is 0.0445. The van der Waals surface area contributed by atoms with Gasteiger partial charge in [-0.25, -0.2) is 0 Å². The lowest BCUT2D eigenvalue weighted by atomic mass is 10.0. The summed E-state index contributed by atoms with van der Waals surface area (Å²) in [5, 5.41) is 3.01. The Labute approximate surface area is 131 Å². The molecule has 116 valence electrons. The lowest BCUT2D eigenvalue weighted by molar-refractivity contribution is -0.121. The molecule has 1 aromatic carbocycles. The van der Waals surface area contributed by atoms with Gasteiger partial charge in [-0.1, -0.05) is 24.3 Å². The highest BCUT2D eigenvalue weighted by atomic mass is 16.1. The van der Waals surface area contributed by atoms with Gasteiger partial charge in [-0.3, -0.25) is 9.78 Å².